The normalized spacial score (nSPS) is 15.0. The van der Waals surface area contributed by atoms with Gasteiger partial charge in [0, 0.05) is 36.7 Å². The number of aryl methyl sites for hydroxylation is 1. The van der Waals surface area contributed by atoms with Gasteiger partial charge in [-0.15, -0.1) is 0 Å². The monoisotopic (exact) mass is 425 g/mol. The Morgan fingerprint density at radius 1 is 1.03 bits per heavy atom. The minimum atomic E-state index is -3.44. The van der Waals surface area contributed by atoms with E-state index in [0.29, 0.717) is 24.5 Å². The van der Waals surface area contributed by atoms with E-state index in [0.717, 1.165) is 30.2 Å². The van der Waals surface area contributed by atoms with Crippen LogP contribution in [-0.4, -0.2) is 42.8 Å². The molecule has 1 saturated heterocycles. The van der Waals surface area contributed by atoms with Crippen LogP contribution in [0.15, 0.2) is 59.6 Å². The molecule has 0 bridgehead atoms. The summed E-state index contributed by atoms with van der Waals surface area (Å²) in [6.45, 7) is 4.01. The lowest BCUT2D eigenvalue weighted by Crippen LogP contribution is -2.29. The Kier molecular flexibility index (Phi) is 5.92. The van der Waals surface area contributed by atoms with Crippen LogP contribution in [0.4, 0.5) is 0 Å². The number of aromatic nitrogens is 1. The lowest BCUT2D eigenvalue weighted by Gasteiger charge is -2.15. The summed E-state index contributed by atoms with van der Waals surface area (Å²) < 4.78 is 28.9. The Labute approximate surface area is 177 Å². The minimum absolute atomic E-state index is 0.0617. The lowest BCUT2D eigenvalue weighted by molar-refractivity contribution is -0.121. The zero-order valence-electron chi connectivity index (χ0n) is 17.2. The SMILES string of the molecule is Cc1ccc(CCNC(=O)Cn2ccc3cc(S(=O)(=O)N4CCCC4)ccc32)cc1. The highest BCUT2D eigenvalue weighted by molar-refractivity contribution is 7.89. The predicted molar refractivity (Wildman–Crippen MR) is 118 cm³/mol. The van der Waals surface area contributed by atoms with Crippen LogP contribution in [0.3, 0.4) is 0 Å². The van der Waals surface area contributed by atoms with Gasteiger partial charge in [-0.25, -0.2) is 8.42 Å². The summed E-state index contributed by atoms with van der Waals surface area (Å²) in [5.41, 5.74) is 3.27. The van der Waals surface area contributed by atoms with Crippen LogP contribution in [-0.2, 0) is 27.8 Å². The molecule has 1 fully saturated rings. The molecule has 0 radical (unpaired) electrons. The maximum Gasteiger partial charge on any atom is 0.243 e. The molecular weight excluding hydrogens is 398 g/mol. The van der Waals surface area contributed by atoms with Gasteiger partial charge in [0.15, 0.2) is 0 Å². The fraction of sp³-hybridized carbons (Fsp3) is 0.348. The number of amides is 1. The summed E-state index contributed by atoms with van der Waals surface area (Å²) in [5, 5.41) is 3.78. The Bertz CT molecular complexity index is 1140. The third kappa shape index (κ3) is 4.42. The number of nitrogens with zero attached hydrogens (tertiary/aromatic N) is 2. The third-order valence-electron chi connectivity index (χ3n) is 5.62. The van der Waals surface area contributed by atoms with Crippen molar-refractivity contribution in [3.63, 3.8) is 0 Å². The number of rotatable bonds is 7. The van der Waals surface area contributed by atoms with Gasteiger partial charge in [-0.1, -0.05) is 29.8 Å². The maximum absolute atomic E-state index is 12.8. The van der Waals surface area contributed by atoms with E-state index in [4.69, 9.17) is 0 Å². The number of sulfonamides is 1. The molecule has 0 saturated carbocycles. The van der Waals surface area contributed by atoms with Crippen molar-refractivity contribution in [2.24, 2.45) is 0 Å². The molecule has 2 aromatic carbocycles. The van der Waals surface area contributed by atoms with Crippen molar-refractivity contribution >= 4 is 26.8 Å². The fourth-order valence-electron chi connectivity index (χ4n) is 3.87. The smallest absolute Gasteiger partial charge is 0.243 e. The number of carbonyl (C=O) groups is 1. The average Bonchev–Trinajstić information content (AvgIpc) is 3.40. The van der Waals surface area contributed by atoms with E-state index >= 15 is 0 Å². The first kappa shape index (κ1) is 20.6. The molecule has 30 heavy (non-hydrogen) atoms. The van der Waals surface area contributed by atoms with E-state index in [1.54, 1.807) is 22.5 Å². The Hall–Kier alpha value is -2.64. The molecule has 1 aliphatic heterocycles. The molecule has 0 aliphatic carbocycles. The summed E-state index contributed by atoms with van der Waals surface area (Å²) in [6.07, 6.45) is 4.44. The Morgan fingerprint density at radius 2 is 1.77 bits per heavy atom. The number of hydrogen-bond donors (Lipinski definition) is 1. The molecule has 0 unspecified atom stereocenters. The molecule has 0 atom stereocenters. The number of fused-ring (bicyclic) bond motifs is 1. The quantitative estimate of drug-likeness (QED) is 0.632. The van der Waals surface area contributed by atoms with Crippen molar-refractivity contribution in [2.45, 2.75) is 37.6 Å². The van der Waals surface area contributed by atoms with E-state index < -0.39 is 10.0 Å². The molecule has 0 spiro atoms. The first-order valence-corrected chi connectivity index (χ1v) is 11.8. The molecule has 7 heteroatoms. The molecule has 158 valence electrons. The minimum Gasteiger partial charge on any atom is -0.354 e. The maximum atomic E-state index is 12.8. The molecular formula is C23H27N3O3S. The zero-order valence-corrected chi connectivity index (χ0v) is 18.0. The number of benzene rings is 2. The fourth-order valence-corrected chi connectivity index (χ4v) is 5.42. The first-order chi connectivity index (χ1) is 14.4. The van der Waals surface area contributed by atoms with Crippen molar-refractivity contribution in [1.29, 1.82) is 0 Å². The van der Waals surface area contributed by atoms with E-state index in [1.165, 1.54) is 11.1 Å². The summed E-state index contributed by atoms with van der Waals surface area (Å²) in [6, 6.07) is 15.3. The van der Waals surface area contributed by atoms with Gasteiger partial charge in [-0.05, 0) is 56.0 Å². The van der Waals surface area contributed by atoms with E-state index in [9.17, 15) is 13.2 Å². The summed E-state index contributed by atoms with van der Waals surface area (Å²) >= 11 is 0. The van der Waals surface area contributed by atoms with Gasteiger partial charge in [0.1, 0.15) is 6.54 Å². The second kappa shape index (κ2) is 8.62. The lowest BCUT2D eigenvalue weighted by atomic mass is 10.1. The second-order valence-electron chi connectivity index (χ2n) is 7.86. The number of carbonyl (C=O) groups excluding carboxylic acids is 1. The second-order valence-corrected chi connectivity index (χ2v) is 9.80. The van der Waals surface area contributed by atoms with E-state index in [1.807, 2.05) is 16.8 Å². The van der Waals surface area contributed by atoms with Crippen LogP contribution in [0.1, 0.15) is 24.0 Å². The molecule has 6 nitrogen and oxygen atoms in total. The highest BCUT2D eigenvalue weighted by Crippen LogP contribution is 2.25. The van der Waals surface area contributed by atoms with Crippen molar-refractivity contribution < 1.29 is 13.2 Å². The topological polar surface area (TPSA) is 71.4 Å². The van der Waals surface area contributed by atoms with E-state index in [-0.39, 0.29) is 12.5 Å². The molecule has 1 amide bonds. The van der Waals surface area contributed by atoms with Gasteiger partial charge in [0.05, 0.1) is 4.90 Å². The van der Waals surface area contributed by atoms with Crippen molar-refractivity contribution in [2.75, 3.05) is 19.6 Å². The molecule has 1 aliphatic rings. The van der Waals surface area contributed by atoms with Crippen molar-refractivity contribution in [3.8, 4) is 0 Å². The summed E-state index contributed by atoms with van der Waals surface area (Å²) in [5.74, 6) is -0.0617. The molecule has 2 heterocycles. The average molecular weight is 426 g/mol. The van der Waals surface area contributed by atoms with Gasteiger partial charge >= 0.3 is 0 Å². The van der Waals surface area contributed by atoms with Gasteiger partial charge in [0.2, 0.25) is 15.9 Å². The highest BCUT2D eigenvalue weighted by Gasteiger charge is 2.27. The summed E-state index contributed by atoms with van der Waals surface area (Å²) in [4.78, 5) is 12.7. The van der Waals surface area contributed by atoms with Crippen LogP contribution in [0.25, 0.3) is 10.9 Å². The van der Waals surface area contributed by atoms with Gasteiger partial charge < -0.3 is 9.88 Å². The van der Waals surface area contributed by atoms with Crippen LogP contribution in [0.5, 0.6) is 0 Å². The standard InChI is InChI=1S/C23H27N3O3S/c1-18-4-6-19(7-5-18)10-12-24-23(27)17-25-15-11-20-16-21(8-9-22(20)25)30(28,29)26-13-2-3-14-26/h4-9,11,15-16H,2-3,10,12-14,17H2,1H3,(H,24,27). The Morgan fingerprint density at radius 3 is 2.50 bits per heavy atom. The van der Waals surface area contributed by atoms with Crippen LogP contribution >= 0.6 is 0 Å². The Balaban J connectivity index is 1.39. The summed E-state index contributed by atoms with van der Waals surface area (Å²) in [7, 11) is -3.44. The molecule has 4 rings (SSSR count). The van der Waals surface area contributed by atoms with Crippen LogP contribution in [0.2, 0.25) is 0 Å². The number of nitrogens with one attached hydrogen (secondary N) is 1. The van der Waals surface area contributed by atoms with Gasteiger partial charge in [-0.3, -0.25) is 4.79 Å². The molecule has 1 N–H and O–H groups in total. The van der Waals surface area contributed by atoms with Crippen molar-refractivity contribution in [3.05, 3.63) is 65.9 Å². The zero-order chi connectivity index (χ0) is 21.1. The third-order valence-corrected chi connectivity index (χ3v) is 7.51. The predicted octanol–water partition coefficient (Wildman–Crippen LogP) is 3.09. The van der Waals surface area contributed by atoms with E-state index in [2.05, 4.69) is 36.5 Å². The van der Waals surface area contributed by atoms with Crippen LogP contribution < -0.4 is 5.32 Å². The van der Waals surface area contributed by atoms with Crippen molar-refractivity contribution in [1.82, 2.24) is 14.2 Å². The van der Waals surface area contributed by atoms with Gasteiger partial charge in [-0.2, -0.15) is 4.31 Å². The van der Waals surface area contributed by atoms with Crippen LogP contribution in [0, 0.1) is 6.92 Å². The molecule has 1 aromatic heterocycles. The largest absolute Gasteiger partial charge is 0.354 e. The van der Waals surface area contributed by atoms with Gasteiger partial charge in [0.25, 0.3) is 0 Å². The number of hydrogen-bond acceptors (Lipinski definition) is 3. The first-order valence-electron chi connectivity index (χ1n) is 10.3. The molecule has 3 aromatic rings. The highest BCUT2D eigenvalue weighted by atomic mass is 32.2.